The molecule has 0 bridgehead atoms. The Bertz CT molecular complexity index is 982. The number of rotatable bonds is 13. The summed E-state index contributed by atoms with van der Waals surface area (Å²) in [7, 11) is 0. The summed E-state index contributed by atoms with van der Waals surface area (Å²) in [5.41, 5.74) is 5.74. The normalized spacial score (nSPS) is 14.1. The van der Waals surface area contributed by atoms with Gasteiger partial charge in [0.2, 0.25) is 0 Å². The van der Waals surface area contributed by atoms with Gasteiger partial charge >= 0.3 is 0 Å². The Morgan fingerprint density at radius 1 is 0.794 bits per heavy atom. The molecular weight excluding hydrogens is 454 g/mol. The Kier molecular flexibility index (Phi) is 10.1. The van der Waals surface area contributed by atoms with E-state index in [-0.39, 0.29) is 0 Å². The summed E-state index contributed by atoms with van der Waals surface area (Å²) in [5.74, 6) is 0. The number of unbranched alkanes of at least 4 members (excludes halogenated alkanes) is 6. The van der Waals surface area contributed by atoms with Gasteiger partial charge in [-0.05, 0) is 72.0 Å². The molecule has 4 rings (SSSR count). The fourth-order valence-electron chi connectivity index (χ4n) is 4.75. The molecule has 0 atom stereocenters. The predicted octanol–water partition coefficient (Wildman–Crippen LogP) is 9.23. The number of nitrogens with zero attached hydrogens (tertiary/aromatic N) is 1. The van der Waals surface area contributed by atoms with Gasteiger partial charge in [-0.3, -0.25) is 0 Å². The summed E-state index contributed by atoms with van der Waals surface area (Å²) < 4.78 is 5.51. The van der Waals surface area contributed by atoms with Crippen molar-refractivity contribution in [2.75, 3.05) is 31.2 Å². The van der Waals surface area contributed by atoms with Crippen molar-refractivity contribution in [1.29, 1.82) is 0 Å². The van der Waals surface area contributed by atoms with Gasteiger partial charge in [-0.2, -0.15) is 0 Å². The van der Waals surface area contributed by atoms with Crippen LogP contribution in [-0.2, 0) is 17.6 Å². The molecule has 1 aromatic carbocycles. The van der Waals surface area contributed by atoms with Crippen LogP contribution >= 0.6 is 22.7 Å². The zero-order chi connectivity index (χ0) is 23.6. The molecule has 2 nitrogen and oxygen atoms in total. The van der Waals surface area contributed by atoms with Crippen LogP contribution in [0.3, 0.4) is 0 Å². The highest BCUT2D eigenvalue weighted by molar-refractivity contribution is 7.23. The van der Waals surface area contributed by atoms with E-state index < -0.39 is 0 Å². The van der Waals surface area contributed by atoms with Crippen LogP contribution in [0.2, 0.25) is 0 Å². The Hall–Kier alpha value is -1.62. The highest BCUT2D eigenvalue weighted by atomic mass is 32.1. The van der Waals surface area contributed by atoms with Gasteiger partial charge in [0.15, 0.2) is 0 Å². The maximum absolute atomic E-state index is 5.51. The molecule has 3 aromatic rings. The zero-order valence-corrected chi connectivity index (χ0v) is 22.7. The van der Waals surface area contributed by atoms with Crippen LogP contribution in [0, 0.1) is 0 Å². The van der Waals surface area contributed by atoms with E-state index >= 15 is 0 Å². The van der Waals surface area contributed by atoms with Crippen molar-refractivity contribution in [2.45, 2.75) is 78.1 Å². The lowest BCUT2D eigenvalue weighted by molar-refractivity contribution is 0.122. The predicted molar refractivity (Wildman–Crippen MR) is 152 cm³/mol. The molecule has 184 valence electrons. The summed E-state index contributed by atoms with van der Waals surface area (Å²) in [5, 5.41) is 2.40. The first-order valence-corrected chi connectivity index (χ1v) is 15.1. The van der Waals surface area contributed by atoms with E-state index in [1.54, 1.807) is 5.56 Å². The van der Waals surface area contributed by atoms with Crippen LogP contribution in [0.15, 0.2) is 41.8 Å². The molecule has 0 radical (unpaired) electrons. The number of morpholine rings is 1. The average molecular weight is 496 g/mol. The molecule has 1 aliphatic rings. The van der Waals surface area contributed by atoms with E-state index in [4.69, 9.17) is 4.74 Å². The van der Waals surface area contributed by atoms with E-state index in [9.17, 15) is 0 Å². The topological polar surface area (TPSA) is 12.5 Å². The zero-order valence-electron chi connectivity index (χ0n) is 21.1. The summed E-state index contributed by atoms with van der Waals surface area (Å²) in [6.07, 6.45) is 13.0. The third-order valence-electron chi connectivity index (χ3n) is 6.83. The Morgan fingerprint density at radius 2 is 1.50 bits per heavy atom. The molecule has 0 aliphatic carbocycles. The quantitative estimate of drug-likeness (QED) is 0.219. The molecule has 0 N–H and O–H groups in total. The molecule has 1 saturated heterocycles. The van der Waals surface area contributed by atoms with Crippen LogP contribution in [-0.4, -0.2) is 26.3 Å². The minimum Gasteiger partial charge on any atom is -0.378 e. The second-order valence-electron chi connectivity index (χ2n) is 9.55. The molecule has 0 unspecified atom stereocenters. The molecule has 4 heteroatoms. The van der Waals surface area contributed by atoms with Crippen molar-refractivity contribution in [3.8, 4) is 20.2 Å². The Morgan fingerprint density at radius 3 is 2.21 bits per heavy atom. The molecule has 0 amide bonds. The second-order valence-corrected chi connectivity index (χ2v) is 11.5. The van der Waals surface area contributed by atoms with E-state index in [2.05, 4.69) is 60.5 Å². The number of benzene rings is 1. The molecule has 34 heavy (non-hydrogen) atoms. The fraction of sp³-hybridized carbons (Fsp3) is 0.533. The van der Waals surface area contributed by atoms with Crippen LogP contribution in [0.1, 0.15) is 76.3 Å². The van der Waals surface area contributed by atoms with Gasteiger partial charge < -0.3 is 9.64 Å². The number of aryl methyl sites for hydroxylation is 2. The Labute approximate surface area is 215 Å². The van der Waals surface area contributed by atoms with Crippen LogP contribution in [0.25, 0.3) is 20.2 Å². The lowest BCUT2D eigenvalue weighted by Crippen LogP contribution is -2.36. The highest BCUT2D eigenvalue weighted by Gasteiger charge is 2.16. The first kappa shape index (κ1) is 25.5. The summed E-state index contributed by atoms with van der Waals surface area (Å²) in [6, 6.07) is 14.2. The lowest BCUT2D eigenvalue weighted by atomic mass is 10.0. The Balaban J connectivity index is 1.51. The first-order valence-electron chi connectivity index (χ1n) is 13.4. The maximum atomic E-state index is 5.51. The molecule has 2 aromatic heterocycles. The second kappa shape index (κ2) is 13.5. The largest absolute Gasteiger partial charge is 0.378 e. The fourth-order valence-corrected chi connectivity index (χ4v) is 7.06. The number of ether oxygens (including phenoxy) is 1. The minimum absolute atomic E-state index is 0.832. The monoisotopic (exact) mass is 495 g/mol. The number of anilines is 1. The van der Waals surface area contributed by atoms with E-state index in [0.29, 0.717) is 0 Å². The van der Waals surface area contributed by atoms with Crippen molar-refractivity contribution in [3.05, 3.63) is 52.9 Å². The lowest BCUT2D eigenvalue weighted by Gasteiger charge is -2.28. The molecule has 0 saturated carbocycles. The highest BCUT2D eigenvalue weighted by Crippen LogP contribution is 2.42. The van der Waals surface area contributed by atoms with Crippen molar-refractivity contribution < 1.29 is 4.74 Å². The first-order chi connectivity index (χ1) is 16.8. The van der Waals surface area contributed by atoms with Gasteiger partial charge in [0.1, 0.15) is 0 Å². The summed E-state index contributed by atoms with van der Waals surface area (Å²) in [4.78, 5) is 6.82. The van der Waals surface area contributed by atoms with Gasteiger partial charge in [0.25, 0.3) is 0 Å². The van der Waals surface area contributed by atoms with E-state index in [0.717, 1.165) is 26.3 Å². The van der Waals surface area contributed by atoms with Crippen molar-refractivity contribution in [2.24, 2.45) is 0 Å². The van der Waals surface area contributed by atoms with Crippen LogP contribution in [0.5, 0.6) is 0 Å². The van der Waals surface area contributed by atoms with Gasteiger partial charge in [-0.15, -0.1) is 22.7 Å². The molecule has 0 spiro atoms. The summed E-state index contributed by atoms with van der Waals surface area (Å²) in [6.45, 7) is 8.22. The molecular formula is C30H41NOS2. The maximum Gasteiger partial charge on any atom is 0.0642 e. The number of thiophene rings is 2. The third kappa shape index (κ3) is 6.96. The molecule has 3 heterocycles. The standard InChI is InChI=1S/C30H41NOS2/c1-3-5-7-9-11-24-21-29(33-23-24)30-26(12-10-8-6-4-2)22-28(34-30)25-13-15-27(16-14-25)31-17-19-32-20-18-31/h13-16,21-23H,3-12,17-20H2,1-2H3. The van der Waals surface area contributed by atoms with Gasteiger partial charge in [0.05, 0.1) is 13.2 Å². The molecule has 1 fully saturated rings. The number of hydrogen-bond donors (Lipinski definition) is 0. The molecule has 1 aliphatic heterocycles. The van der Waals surface area contributed by atoms with Crippen molar-refractivity contribution in [1.82, 2.24) is 0 Å². The average Bonchev–Trinajstić information content (AvgIpc) is 3.52. The van der Waals surface area contributed by atoms with Gasteiger partial charge in [0, 0.05) is 33.4 Å². The summed E-state index contributed by atoms with van der Waals surface area (Å²) >= 11 is 3.94. The van der Waals surface area contributed by atoms with Crippen LogP contribution < -0.4 is 4.90 Å². The van der Waals surface area contributed by atoms with E-state index in [1.807, 2.05) is 22.7 Å². The van der Waals surface area contributed by atoms with Crippen molar-refractivity contribution >= 4 is 28.4 Å². The number of hydrogen-bond acceptors (Lipinski definition) is 4. The van der Waals surface area contributed by atoms with Gasteiger partial charge in [-0.1, -0.05) is 64.5 Å². The van der Waals surface area contributed by atoms with Crippen LogP contribution in [0.4, 0.5) is 5.69 Å². The third-order valence-corrected chi connectivity index (χ3v) is 9.22. The van der Waals surface area contributed by atoms with Crippen molar-refractivity contribution in [3.63, 3.8) is 0 Å². The minimum atomic E-state index is 0.832. The smallest absolute Gasteiger partial charge is 0.0642 e. The SMILES string of the molecule is CCCCCCc1csc(-c2sc(-c3ccc(N4CCOCC4)cc3)cc2CCCCCC)c1. The van der Waals surface area contributed by atoms with E-state index in [1.165, 1.54) is 95.7 Å². The van der Waals surface area contributed by atoms with Gasteiger partial charge in [-0.25, -0.2) is 0 Å².